The first kappa shape index (κ1) is 12.9. The summed E-state index contributed by atoms with van der Waals surface area (Å²) in [5.74, 6) is 7.31. The average Bonchev–Trinajstić information content (AvgIpc) is 2.94. The average molecular weight is 248 g/mol. The van der Waals surface area contributed by atoms with Crippen molar-refractivity contribution in [3.8, 4) is 0 Å². The molecule has 18 heavy (non-hydrogen) atoms. The Labute approximate surface area is 107 Å². The minimum absolute atomic E-state index is 0.0470. The zero-order chi connectivity index (χ0) is 13.1. The summed E-state index contributed by atoms with van der Waals surface area (Å²) in [5.41, 5.74) is 3.78. The maximum Gasteiger partial charge on any atom is 0.122 e. The molecule has 1 unspecified atom stereocenters. The van der Waals surface area contributed by atoms with Crippen molar-refractivity contribution in [2.75, 3.05) is 0 Å². The Morgan fingerprint density at radius 2 is 2.17 bits per heavy atom. The van der Waals surface area contributed by atoms with E-state index in [1.54, 1.807) is 0 Å². The summed E-state index contributed by atoms with van der Waals surface area (Å²) in [4.78, 5) is 0. The number of hydrogen-bond donors (Lipinski definition) is 2. The number of aromatic nitrogens is 2. The highest BCUT2D eigenvalue weighted by Crippen LogP contribution is 2.19. The normalized spacial score (nSPS) is 13.2. The first-order chi connectivity index (χ1) is 8.60. The lowest BCUT2D eigenvalue weighted by molar-refractivity contribution is 0.399. The number of nitrogens with two attached hydrogens (primary N) is 1. The van der Waals surface area contributed by atoms with Crippen molar-refractivity contribution in [2.24, 2.45) is 5.84 Å². The van der Waals surface area contributed by atoms with Crippen LogP contribution in [-0.2, 0) is 6.42 Å². The lowest BCUT2D eigenvalue weighted by atomic mass is 10.1. The van der Waals surface area contributed by atoms with E-state index in [0.29, 0.717) is 12.5 Å². The molecule has 5 heteroatoms. The largest absolute Gasteiger partial charge is 0.465 e. The van der Waals surface area contributed by atoms with Gasteiger partial charge in [0.05, 0.1) is 11.7 Å². The van der Waals surface area contributed by atoms with Gasteiger partial charge >= 0.3 is 0 Å². The molecule has 2 rings (SSSR count). The van der Waals surface area contributed by atoms with Crippen LogP contribution >= 0.6 is 0 Å². The molecule has 0 radical (unpaired) electrons. The molecule has 0 aliphatic carbocycles. The quantitative estimate of drug-likeness (QED) is 0.628. The van der Waals surface area contributed by atoms with Gasteiger partial charge in [0.15, 0.2) is 0 Å². The number of nitrogens with one attached hydrogen (secondary N) is 1. The van der Waals surface area contributed by atoms with E-state index in [1.807, 2.05) is 36.0 Å². The van der Waals surface area contributed by atoms with E-state index in [2.05, 4.69) is 24.4 Å². The maximum atomic E-state index is 5.59. The standard InChI is InChI=1S/C13H20N4O/c1-9(2)17-7-6-11(16-17)8-12(15-14)13-5-4-10(3)18-13/h4-7,9,12,15H,8,14H2,1-3H3. The highest BCUT2D eigenvalue weighted by molar-refractivity contribution is 5.13. The molecular weight excluding hydrogens is 228 g/mol. The number of hydrazine groups is 1. The minimum atomic E-state index is -0.0470. The fourth-order valence-corrected chi connectivity index (χ4v) is 1.87. The zero-order valence-electron chi connectivity index (χ0n) is 11.1. The van der Waals surface area contributed by atoms with Crippen molar-refractivity contribution in [2.45, 2.75) is 39.3 Å². The molecule has 1 atom stereocenters. The van der Waals surface area contributed by atoms with Gasteiger partial charge in [-0.25, -0.2) is 5.43 Å². The third-order valence-electron chi connectivity index (χ3n) is 2.91. The highest BCUT2D eigenvalue weighted by Gasteiger charge is 2.16. The molecule has 0 aliphatic heterocycles. The Bertz CT molecular complexity index is 501. The predicted molar refractivity (Wildman–Crippen MR) is 69.8 cm³/mol. The van der Waals surface area contributed by atoms with Crippen molar-refractivity contribution in [1.29, 1.82) is 0 Å². The molecular formula is C13H20N4O. The molecule has 2 aromatic heterocycles. The van der Waals surface area contributed by atoms with E-state index in [4.69, 9.17) is 10.3 Å². The summed E-state index contributed by atoms with van der Waals surface area (Å²) in [7, 11) is 0. The van der Waals surface area contributed by atoms with E-state index in [0.717, 1.165) is 17.2 Å². The van der Waals surface area contributed by atoms with Gasteiger partial charge in [-0.3, -0.25) is 10.5 Å². The lowest BCUT2D eigenvalue weighted by Crippen LogP contribution is -2.29. The second-order valence-electron chi connectivity index (χ2n) is 4.75. The van der Waals surface area contributed by atoms with E-state index in [-0.39, 0.29) is 6.04 Å². The summed E-state index contributed by atoms with van der Waals surface area (Å²) >= 11 is 0. The second kappa shape index (κ2) is 5.37. The van der Waals surface area contributed by atoms with Crippen LogP contribution in [0.4, 0.5) is 0 Å². The summed E-state index contributed by atoms with van der Waals surface area (Å²) in [5, 5.41) is 4.51. The van der Waals surface area contributed by atoms with E-state index in [9.17, 15) is 0 Å². The Hall–Kier alpha value is -1.59. The number of rotatable bonds is 5. The fraction of sp³-hybridized carbons (Fsp3) is 0.462. The van der Waals surface area contributed by atoms with Crippen LogP contribution in [0.3, 0.4) is 0 Å². The highest BCUT2D eigenvalue weighted by atomic mass is 16.3. The zero-order valence-corrected chi connectivity index (χ0v) is 11.1. The topological polar surface area (TPSA) is 69.0 Å². The second-order valence-corrected chi connectivity index (χ2v) is 4.75. The number of nitrogens with zero attached hydrogens (tertiary/aromatic N) is 2. The molecule has 0 spiro atoms. The van der Waals surface area contributed by atoms with Gasteiger partial charge in [0.25, 0.3) is 0 Å². The van der Waals surface area contributed by atoms with Crippen LogP contribution in [0.2, 0.25) is 0 Å². The van der Waals surface area contributed by atoms with Gasteiger partial charge in [0.1, 0.15) is 11.5 Å². The van der Waals surface area contributed by atoms with Crippen molar-refractivity contribution in [1.82, 2.24) is 15.2 Å². The van der Waals surface area contributed by atoms with Gasteiger partial charge in [0.2, 0.25) is 0 Å². The number of aryl methyl sites for hydroxylation is 1. The van der Waals surface area contributed by atoms with E-state index in [1.165, 1.54) is 0 Å². The fourth-order valence-electron chi connectivity index (χ4n) is 1.87. The summed E-state index contributed by atoms with van der Waals surface area (Å²) < 4.78 is 7.53. The minimum Gasteiger partial charge on any atom is -0.465 e. The van der Waals surface area contributed by atoms with Crippen molar-refractivity contribution in [3.05, 3.63) is 41.6 Å². The summed E-state index contributed by atoms with van der Waals surface area (Å²) in [6, 6.07) is 6.22. The van der Waals surface area contributed by atoms with Gasteiger partial charge in [0, 0.05) is 18.7 Å². The molecule has 2 heterocycles. The van der Waals surface area contributed by atoms with Gasteiger partial charge in [-0.05, 0) is 39.0 Å². The molecule has 0 aromatic carbocycles. The van der Waals surface area contributed by atoms with Gasteiger partial charge < -0.3 is 4.42 Å². The molecule has 2 aromatic rings. The molecule has 0 fully saturated rings. The maximum absolute atomic E-state index is 5.59. The number of hydrogen-bond acceptors (Lipinski definition) is 4. The molecule has 0 amide bonds. The first-order valence-corrected chi connectivity index (χ1v) is 6.16. The van der Waals surface area contributed by atoms with E-state index >= 15 is 0 Å². The monoisotopic (exact) mass is 248 g/mol. The van der Waals surface area contributed by atoms with Gasteiger partial charge in [-0.2, -0.15) is 5.10 Å². The van der Waals surface area contributed by atoms with Crippen LogP contribution in [-0.4, -0.2) is 9.78 Å². The van der Waals surface area contributed by atoms with Crippen LogP contribution < -0.4 is 11.3 Å². The Balaban J connectivity index is 2.10. The Morgan fingerprint density at radius 3 is 2.67 bits per heavy atom. The van der Waals surface area contributed by atoms with Crippen LogP contribution in [0.1, 0.15) is 43.1 Å². The third-order valence-corrected chi connectivity index (χ3v) is 2.91. The number of furan rings is 1. The van der Waals surface area contributed by atoms with E-state index < -0.39 is 0 Å². The third kappa shape index (κ3) is 2.80. The molecule has 0 saturated heterocycles. The van der Waals surface area contributed by atoms with Crippen LogP contribution in [0.5, 0.6) is 0 Å². The molecule has 0 saturated carbocycles. The van der Waals surface area contributed by atoms with Crippen molar-refractivity contribution in [3.63, 3.8) is 0 Å². The first-order valence-electron chi connectivity index (χ1n) is 6.16. The predicted octanol–water partition coefficient (Wildman–Crippen LogP) is 2.11. The van der Waals surface area contributed by atoms with Crippen molar-refractivity contribution < 1.29 is 4.42 Å². The van der Waals surface area contributed by atoms with Crippen molar-refractivity contribution >= 4 is 0 Å². The summed E-state index contributed by atoms with van der Waals surface area (Å²) in [6.45, 7) is 6.13. The van der Waals surface area contributed by atoms with Gasteiger partial charge in [-0.15, -0.1) is 0 Å². The molecule has 98 valence electrons. The van der Waals surface area contributed by atoms with Crippen LogP contribution in [0.15, 0.2) is 28.8 Å². The Morgan fingerprint density at radius 1 is 1.39 bits per heavy atom. The SMILES string of the molecule is Cc1ccc(C(Cc2ccn(C(C)C)n2)NN)o1. The molecule has 3 N–H and O–H groups in total. The molecule has 5 nitrogen and oxygen atoms in total. The summed E-state index contributed by atoms with van der Waals surface area (Å²) in [6.07, 6.45) is 2.70. The smallest absolute Gasteiger partial charge is 0.122 e. The van der Waals surface area contributed by atoms with Crippen LogP contribution in [0.25, 0.3) is 0 Å². The van der Waals surface area contributed by atoms with Gasteiger partial charge in [-0.1, -0.05) is 0 Å². The molecule has 0 aliphatic rings. The Kier molecular flexibility index (Phi) is 3.84. The lowest BCUT2D eigenvalue weighted by Gasteiger charge is -2.11. The molecule has 0 bridgehead atoms. The van der Waals surface area contributed by atoms with Crippen LogP contribution in [0, 0.1) is 6.92 Å².